The number of rotatable bonds is 7. The third kappa shape index (κ3) is 4.90. The van der Waals surface area contributed by atoms with E-state index in [1.807, 2.05) is 6.92 Å². The van der Waals surface area contributed by atoms with Gasteiger partial charge in [0.05, 0.1) is 6.26 Å². The minimum absolute atomic E-state index is 0.195. The Bertz CT molecular complexity index is 617. The van der Waals surface area contributed by atoms with Crippen LogP contribution in [0.25, 0.3) is 0 Å². The lowest BCUT2D eigenvalue weighted by Crippen LogP contribution is -2.45. The van der Waals surface area contributed by atoms with E-state index in [4.69, 9.17) is 0 Å². The Labute approximate surface area is 138 Å². The maximum absolute atomic E-state index is 12.1. The molecule has 22 heavy (non-hydrogen) atoms. The number of carbonyl (C=O) groups is 1. The summed E-state index contributed by atoms with van der Waals surface area (Å²) < 4.78 is 25.5. The first-order chi connectivity index (χ1) is 10.4. The molecule has 0 spiro atoms. The van der Waals surface area contributed by atoms with Gasteiger partial charge in [-0.05, 0) is 26.2 Å². The molecule has 1 aliphatic heterocycles. The summed E-state index contributed by atoms with van der Waals surface area (Å²) in [6, 6.07) is -0.548. The monoisotopic (exact) mass is 364 g/mol. The van der Waals surface area contributed by atoms with Gasteiger partial charge in [-0.3, -0.25) is 4.79 Å². The molecule has 1 aromatic heterocycles. The lowest BCUT2D eigenvalue weighted by Gasteiger charge is -2.21. The normalized spacial score (nSPS) is 19.5. The van der Waals surface area contributed by atoms with Crippen molar-refractivity contribution in [2.75, 3.05) is 25.1 Å². The SMILES string of the molecule is Cc1nnc(SCCCNC(=O)[C@@H]2CCCN2S(C)(=O)=O)s1. The van der Waals surface area contributed by atoms with E-state index in [-0.39, 0.29) is 5.91 Å². The fourth-order valence-corrected chi connectivity index (χ4v) is 5.25. The van der Waals surface area contributed by atoms with E-state index < -0.39 is 16.1 Å². The predicted molar refractivity (Wildman–Crippen MR) is 87.6 cm³/mol. The number of sulfonamides is 1. The highest BCUT2D eigenvalue weighted by Crippen LogP contribution is 2.22. The molecule has 0 aliphatic carbocycles. The van der Waals surface area contributed by atoms with Crippen LogP contribution in [-0.2, 0) is 14.8 Å². The second-order valence-corrected chi connectivity index (χ2v) is 9.57. The Morgan fingerprint density at radius 1 is 1.50 bits per heavy atom. The second-order valence-electron chi connectivity index (χ2n) is 5.11. The molecular weight excluding hydrogens is 344 g/mol. The number of aryl methyl sites for hydroxylation is 1. The molecule has 124 valence electrons. The van der Waals surface area contributed by atoms with E-state index in [1.54, 1.807) is 23.1 Å². The van der Waals surface area contributed by atoms with Crippen molar-refractivity contribution >= 4 is 39.0 Å². The van der Waals surface area contributed by atoms with E-state index in [0.717, 1.165) is 34.2 Å². The van der Waals surface area contributed by atoms with Crippen molar-refractivity contribution in [1.29, 1.82) is 0 Å². The highest BCUT2D eigenvalue weighted by molar-refractivity contribution is 8.01. The summed E-state index contributed by atoms with van der Waals surface area (Å²) in [5, 5.41) is 11.7. The molecule has 1 atom stereocenters. The van der Waals surface area contributed by atoms with Gasteiger partial charge in [0.1, 0.15) is 11.0 Å². The molecule has 1 amide bonds. The molecule has 10 heteroatoms. The van der Waals surface area contributed by atoms with E-state index in [1.165, 1.54) is 4.31 Å². The van der Waals surface area contributed by atoms with Crippen LogP contribution >= 0.6 is 23.1 Å². The van der Waals surface area contributed by atoms with Crippen molar-refractivity contribution in [2.45, 2.75) is 36.6 Å². The third-order valence-corrected chi connectivity index (χ3v) is 6.63. The topological polar surface area (TPSA) is 92.3 Å². The second kappa shape index (κ2) is 7.71. The number of carbonyl (C=O) groups excluding carboxylic acids is 1. The van der Waals surface area contributed by atoms with Gasteiger partial charge < -0.3 is 5.32 Å². The highest BCUT2D eigenvalue weighted by atomic mass is 32.2. The summed E-state index contributed by atoms with van der Waals surface area (Å²) in [6.07, 6.45) is 3.29. The van der Waals surface area contributed by atoms with Gasteiger partial charge in [0, 0.05) is 18.8 Å². The molecular formula is C12H20N4O3S3. The molecule has 1 saturated heterocycles. The first-order valence-electron chi connectivity index (χ1n) is 7.05. The fraction of sp³-hybridized carbons (Fsp3) is 0.750. The van der Waals surface area contributed by atoms with Crippen LogP contribution in [0, 0.1) is 6.92 Å². The van der Waals surface area contributed by atoms with Crippen LogP contribution in [0.15, 0.2) is 4.34 Å². The summed E-state index contributed by atoms with van der Waals surface area (Å²) >= 11 is 3.17. The first kappa shape index (κ1) is 17.6. The molecule has 0 bridgehead atoms. The number of aromatic nitrogens is 2. The van der Waals surface area contributed by atoms with Crippen molar-refractivity contribution in [2.24, 2.45) is 0 Å². The molecule has 0 radical (unpaired) electrons. The number of nitrogens with zero attached hydrogens (tertiary/aromatic N) is 3. The Morgan fingerprint density at radius 3 is 2.91 bits per heavy atom. The van der Waals surface area contributed by atoms with Crippen molar-refractivity contribution in [1.82, 2.24) is 19.8 Å². The van der Waals surface area contributed by atoms with Gasteiger partial charge in [-0.15, -0.1) is 10.2 Å². The highest BCUT2D eigenvalue weighted by Gasteiger charge is 2.36. The van der Waals surface area contributed by atoms with Gasteiger partial charge in [0.15, 0.2) is 4.34 Å². The predicted octanol–water partition coefficient (Wildman–Crippen LogP) is 0.869. The summed E-state index contributed by atoms with van der Waals surface area (Å²) in [7, 11) is -3.31. The fourth-order valence-electron chi connectivity index (χ4n) is 2.30. The number of hydrogen-bond donors (Lipinski definition) is 1. The lowest BCUT2D eigenvalue weighted by molar-refractivity contribution is -0.124. The molecule has 1 aliphatic rings. The lowest BCUT2D eigenvalue weighted by atomic mass is 10.2. The van der Waals surface area contributed by atoms with Crippen LogP contribution in [0.3, 0.4) is 0 Å². The Hall–Kier alpha value is -0.710. The zero-order valence-electron chi connectivity index (χ0n) is 12.6. The minimum Gasteiger partial charge on any atom is -0.355 e. The molecule has 1 fully saturated rings. The summed E-state index contributed by atoms with van der Waals surface area (Å²) in [5.41, 5.74) is 0. The Balaban J connectivity index is 1.69. The van der Waals surface area contributed by atoms with Crippen LogP contribution in [0.4, 0.5) is 0 Å². The van der Waals surface area contributed by atoms with Crippen LogP contribution in [-0.4, -0.2) is 60.0 Å². The molecule has 7 nitrogen and oxygen atoms in total. The van der Waals surface area contributed by atoms with Crippen LogP contribution < -0.4 is 5.32 Å². The van der Waals surface area contributed by atoms with Crippen LogP contribution in [0.5, 0.6) is 0 Å². The van der Waals surface area contributed by atoms with Gasteiger partial charge >= 0.3 is 0 Å². The molecule has 2 heterocycles. The molecule has 2 rings (SSSR count). The van der Waals surface area contributed by atoms with Gasteiger partial charge in [0.25, 0.3) is 0 Å². The molecule has 1 aromatic rings. The maximum atomic E-state index is 12.1. The Morgan fingerprint density at radius 2 is 2.27 bits per heavy atom. The quantitative estimate of drug-likeness (QED) is 0.570. The smallest absolute Gasteiger partial charge is 0.238 e. The largest absolute Gasteiger partial charge is 0.355 e. The van der Waals surface area contributed by atoms with Gasteiger partial charge in [-0.25, -0.2) is 8.42 Å². The van der Waals surface area contributed by atoms with Crippen LogP contribution in [0.2, 0.25) is 0 Å². The average molecular weight is 365 g/mol. The first-order valence-corrected chi connectivity index (χ1v) is 10.7. The molecule has 0 aromatic carbocycles. The number of hydrogen-bond acceptors (Lipinski definition) is 7. The number of nitrogens with one attached hydrogen (secondary N) is 1. The summed E-state index contributed by atoms with van der Waals surface area (Å²) in [6.45, 7) is 2.89. The van der Waals surface area contributed by atoms with Gasteiger partial charge in [-0.2, -0.15) is 4.31 Å². The summed E-state index contributed by atoms with van der Waals surface area (Å²) in [5.74, 6) is 0.648. The van der Waals surface area contributed by atoms with Crippen molar-refractivity contribution in [3.63, 3.8) is 0 Å². The zero-order chi connectivity index (χ0) is 16.2. The number of amides is 1. The van der Waals surface area contributed by atoms with Gasteiger partial charge in [0.2, 0.25) is 15.9 Å². The van der Waals surface area contributed by atoms with Crippen molar-refractivity contribution in [3.8, 4) is 0 Å². The van der Waals surface area contributed by atoms with E-state index in [9.17, 15) is 13.2 Å². The third-order valence-electron chi connectivity index (χ3n) is 3.29. The van der Waals surface area contributed by atoms with Gasteiger partial charge in [-0.1, -0.05) is 23.1 Å². The standard InChI is InChI=1S/C12H20N4O3S3/c1-9-14-15-12(21-9)20-8-4-6-13-11(17)10-5-3-7-16(10)22(2,18)19/h10H,3-8H2,1-2H3,(H,13,17)/t10-/m0/s1. The molecule has 1 N–H and O–H groups in total. The Kier molecular flexibility index (Phi) is 6.18. The minimum atomic E-state index is -3.31. The van der Waals surface area contributed by atoms with E-state index in [0.29, 0.717) is 19.5 Å². The van der Waals surface area contributed by atoms with Crippen molar-refractivity contribution < 1.29 is 13.2 Å². The number of thioether (sulfide) groups is 1. The summed E-state index contributed by atoms with van der Waals surface area (Å²) in [4.78, 5) is 12.1. The van der Waals surface area contributed by atoms with Crippen molar-refractivity contribution in [3.05, 3.63) is 5.01 Å². The van der Waals surface area contributed by atoms with E-state index >= 15 is 0 Å². The maximum Gasteiger partial charge on any atom is 0.238 e. The molecule has 0 saturated carbocycles. The zero-order valence-corrected chi connectivity index (χ0v) is 15.1. The van der Waals surface area contributed by atoms with Crippen LogP contribution in [0.1, 0.15) is 24.3 Å². The molecule has 0 unspecified atom stereocenters. The van der Waals surface area contributed by atoms with E-state index in [2.05, 4.69) is 15.5 Å². The average Bonchev–Trinajstić information content (AvgIpc) is 3.06.